The van der Waals surface area contributed by atoms with Gasteiger partial charge in [0.05, 0.1) is 56.8 Å². The lowest BCUT2D eigenvalue weighted by atomic mass is 9.81. The third-order valence-electron chi connectivity index (χ3n) is 16.6. The predicted octanol–water partition coefficient (Wildman–Crippen LogP) is 13.3. The Morgan fingerprint density at radius 3 is 1.61 bits per heavy atom. The molecule has 4 N–H and O–H groups in total. The lowest BCUT2D eigenvalue weighted by Crippen LogP contribution is -2.52. The summed E-state index contributed by atoms with van der Waals surface area (Å²) >= 11 is 0. The van der Waals surface area contributed by atoms with E-state index in [2.05, 4.69) is 142 Å². The molecular formula is C57H108N2O10Si3. The minimum Gasteiger partial charge on any atom is -0.446 e. The third-order valence-corrected chi connectivity index (χ3v) is 30.0. The van der Waals surface area contributed by atoms with Gasteiger partial charge in [-0.3, -0.25) is 9.63 Å². The van der Waals surface area contributed by atoms with Crippen LogP contribution in [0.15, 0.2) is 54.1 Å². The summed E-state index contributed by atoms with van der Waals surface area (Å²) in [5, 5.41) is 24.2. The van der Waals surface area contributed by atoms with Gasteiger partial charge in [0.1, 0.15) is 6.10 Å². The second-order valence-electron chi connectivity index (χ2n) is 26.1. The lowest BCUT2D eigenvalue weighted by molar-refractivity contribution is -0.177. The zero-order valence-corrected chi connectivity index (χ0v) is 53.1. The maximum absolute atomic E-state index is 13.4. The first kappa shape index (κ1) is 67.8. The van der Waals surface area contributed by atoms with Crippen LogP contribution in [-0.2, 0) is 39.0 Å². The smallest absolute Gasteiger partial charge is 0.404 e. The van der Waals surface area contributed by atoms with Gasteiger partial charge >= 0.3 is 6.09 Å². The van der Waals surface area contributed by atoms with Crippen molar-refractivity contribution in [2.24, 2.45) is 47.2 Å². The fourth-order valence-corrected chi connectivity index (χ4v) is 13.1. The van der Waals surface area contributed by atoms with Gasteiger partial charge in [-0.1, -0.05) is 165 Å². The van der Waals surface area contributed by atoms with Crippen molar-refractivity contribution in [3.05, 3.63) is 59.7 Å². The van der Waals surface area contributed by atoms with Gasteiger partial charge in [-0.15, -0.1) is 0 Å². The molecule has 0 saturated carbocycles. The summed E-state index contributed by atoms with van der Waals surface area (Å²) < 4.78 is 33.6. The number of aliphatic hydroxyl groups is 2. The first-order valence-corrected chi connectivity index (χ1v) is 35.5. The molecule has 5 unspecified atom stereocenters. The number of aliphatic hydroxyl groups excluding tert-OH is 2. The van der Waals surface area contributed by atoms with Gasteiger partial charge in [0.2, 0.25) is 0 Å². The topological polar surface area (TPSA) is 159 Å². The summed E-state index contributed by atoms with van der Waals surface area (Å²) in [7, 11) is -3.96. The molecule has 12 nitrogen and oxygen atoms in total. The van der Waals surface area contributed by atoms with Gasteiger partial charge in [0.15, 0.2) is 25.0 Å². The number of hydroxylamine groups is 2. The van der Waals surface area contributed by atoms with Gasteiger partial charge in [-0.2, -0.15) is 0 Å². The Morgan fingerprint density at radius 2 is 1.15 bits per heavy atom. The Labute approximate surface area is 443 Å². The van der Waals surface area contributed by atoms with Crippen molar-refractivity contribution in [2.45, 2.75) is 228 Å². The van der Waals surface area contributed by atoms with Crippen LogP contribution in [-0.4, -0.2) is 110 Å². The van der Waals surface area contributed by atoms with Crippen LogP contribution >= 0.6 is 0 Å². The number of allylic oxidation sites excluding steroid dienone is 1. The van der Waals surface area contributed by atoms with Crippen LogP contribution < -0.4 is 5.73 Å². The summed E-state index contributed by atoms with van der Waals surface area (Å²) in [6, 6.07) is 10.0. The number of primary amides is 1. The van der Waals surface area contributed by atoms with Gasteiger partial charge in [-0.25, -0.2) is 9.86 Å². The number of carbonyl (C=O) groups is 2. The SMILES string of the molecule is CON(C)C(=O)C(C)C(O[Si](C)(C)C(C)(C)C)C(C)C(O)CC(O)C=C[C@H](C)[C@H](O[Si](C)(C)C(C)(C)C)[C@@H](C)C=C(C)C[C@H](C)[C@@H](O[Si](C)(C)C(C)(C)C)[C@H](C)[C@@H](OC(N)=O)[C@@H](C)COCc1ccccc1. The average Bonchev–Trinajstić information content (AvgIpc) is 3.25. The fraction of sp³-hybridized carbons (Fsp3) is 0.789. The lowest BCUT2D eigenvalue weighted by Gasteiger charge is -2.45. The molecule has 0 aliphatic carbocycles. The molecule has 0 bridgehead atoms. The summed E-state index contributed by atoms with van der Waals surface area (Å²) in [4.78, 5) is 31.2. The van der Waals surface area contributed by atoms with E-state index in [9.17, 15) is 19.8 Å². The van der Waals surface area contributed by atoms with Crippen LogP contribution in [0.1, 0.15) is 136 Å². The summed E-state index contributed by atoms with van der Waals surface area (Å²) in [5.74, 6) is -1.70. The van der Waals surface area contributed by atoms with Crippen molar-refractivity contribution >= 4 is 37.0 Å². The van der Waals surface area contributed by atoms with E-state index in [0.29, 0.717) is 13.2 Å². The van der Waals surface area contributed by atoms with E-state index in [4.69, 9.17) is 33.3 Å². The molecule has 1 aromatic carbocycles. The molecule has 0 aromatic heterocycles. The van der Waals surface area contributed by atoms with E-state index in [1.165, 1.54) is 17.7 Å². The van der Waals surface area contributed by atoms with E-state index in [0.717, 1.165) is 12.0 Å². The molecule has 418 valence electrons. The zero-order valence-electron chi connectivity index (χ0n) is 50.1. The van der Waals surface area contributed by atoms with E-state index in [1.54, 1.807) is 13.1 Å². The molecule has 0 heterocycles. The fourth-order valence-electron chi connectivity index (χ4n) is 8.67. The van der Waals surface area contributed by atoms with Crippen LogP contribution in [0.4, 0.5) is 4.79 Å². The molecule has 72 heavy (non-hydrogen) atoms. The predicted molar refractivity (Wildman–Crippen MR) is 305 cm³/mol. The molecule has 0 aliphatic rings. The molecule has 0 fully saturated rings. The quantitative estimate of drug-likeness (QED) is 0.0400. The van der Waals surface area contributed by atoms with Crippen LogP contribution in [0.25, 0.3) is 0 Å². The second-order valence-corrected chi connectivity index (χ2v) is 40.4. The minimum atomic E-state index is -2.38. The van der Waals surface area contributed by atoms with Gasteiger partial charge in [0.25, 0.3) is 5.91 Å². The van der Waals surface area contributed by atoms with Crippen molar-refractivity contribution < 1.29 is 47.4 Å². The van der Waals surface area contributed by atoms with Crippen LogP contribution in [0.5, 0.6) is 0 Å². The molecule has 0 saturated heterocycles. The highest BCUT2D eigenvalue weighted by atomic mass is 28.4. The van der Waals surface area contributed by atoms with Crippen molar-refractivity contribution in [3.8, 4) is 0 Å². The van der Waals surface area contributed by atoms with E-state index in [-0.39, 0.29) is 69.2 Å². The molecule has 2 amide bonds. The van der Waals surface area contributed by atoms with Crippen molar-refractivity contribution in [3.63, 3.8) is 0 Å². The number of benzene rings is 1. The Bertz CT molecular complexity index is 1840. The van der Waals surface area contributed by atoms with E-state index in [1.807, 2.05) is 57.2 Å². The summed E-state index contributed by atoms with van der Waals surface area (Å²) in [5.41, 5.74) is 8.04. The first-order valence-electron chi connectivity index (χ1n) is 26.8. The van der Waals surface area contributed by atoms with E-state index >= 15 is 0 Å². The average molecular weight is 1070 g/mol. The molecule has 1 rings (SSSR count). The highest BCUT2D eigenvalue weighted by Crippen LogP contribution is 2.43. The monoisotopic (exact) mass is 1060 g/mol. The molecular weight excluding hydrogens is 957 g/mol. The number of ether oxygens (including phenoxy) is 2. The maximum atomic E-state index is 13.4. The van der Waals surface area contributed by atoms with Crippen LogP contribution in [0.2, 0.25) is 54.4 Å². The second kappa shape index (κ2) is 28.3. The van der Waals surface area contributed by atoms with E-state index < -0.39 is 67.3 Å². The number of rotatable bonds is 29. The maximum Gasteiger partial charge on any atom is 0.404 e. The Hall–Kier alpha value is -2.19. The first-order chi connectivity index (χ1) is 32.6. The molecule has 15 heteroatoms. The van der Waals surface area contributed by atoms with Crippen LogP contribution in [0.3, 0.4) is 0 Å². The van der Waals surface area contributed by atoms with Crippen LogP contribution in [0, 0.1) is 41.4 Å². The molecule has 0 radical (unpaired) electrons. The molecule has 0 spiro atoms. The standard InChI is InChI=1S/C57H108N2O10Si3/c1-38(34-41(4)51(68-71(22,23)56(12,13)14)44(7)50(66-54(58)63)42(5)36-65-37-46-29-27-26-28-30-46)33-40(3)49(67-70(20,21)55(9,10)11)39(2)31-32-47(60)35-48(61)43(6)52(45(8)53(62)59(18)64-19)69-72(24,25)57(15,16)17/h26-33,39-45,47-52,60-61H,34-37H2,1-25H3,(H2,58,63)/t39-,40-,41-,42-,43?,44+,45?,47?,48?,49-,50-,51+,52?/m0/s1. The van der Waals surface area contributed by atoms with Crippen molar-refractivity contribution in [2.75, 3.05) is 20.8 Å². The number of nitrogens with two attached hydrogens (primary N) is 1. The Morgan fingerprint density at radius 1 is 0.681 bits per heavy atom. The number of hydrogen-bond acceptors (Lipinski definition) is 10. The number of carbonyl (C=O) groups excluding carboxylic acids is 2. The normalized spacial score (nSPS) is 19.3. The van der Waals surface area contributed by atoms with Gasteiger partial charge in [0, 0.05) is 31.2 Å². The molecule has 13 atom stereocenters. The van der Waals surface area contributed by atoms with Crippen molar-refractivity contribution in [1.82, 2.24) is 5.06 Å². The zero-order chi connectivity index (χ0) is 56.1. The minimum absolute atomic E-state index is 0.00357. The van der Waals surface area contributed by atoms with Crippen molar-refractivity contribution in [1.29, 1.82) is 0 Å². The molecule has 0 aliphatic heterocycles. The highest BCUT2D eigenvalue weighted by Gasteiger charge is 2.47. The number of nitrogens with zero attached hydrogens (tertiary/aromatic N) is 1. The Kier molecular flexibility index (Phi) is 26.6. The summed E-state index contributed by atoms with van der Waals surface area (Å²) in [6.07, 6.45) is 2.64. The Balaban J connectivity index is 3.59. The highest BCUT2D eigenvalue weighted by molar-refractivity contribution is 6.75. The summed E-state index contributed by atoms with van der Waals surface area (Å²) in [6.45, 7) is 50.8. The number of amides is 2. The third kappa shape index (κ3) is 20.7. The largest absolute Gasteiger partial charge is 0.446 e. The van der Waals surface area contributed by atoms with Gasteiger partial charge in [-0.05, 0) is 91.1 Å². The molecule has 1 aromatic rings. The number of hydrogen-bond donors (Lipinski definition) is 3. The van der Waals surface area contributed by atoms with Gasteiger partial charge < -0.3 is 38.7 Å².